The molecule has 100 valence electrons. The van der Waals surface area contributed by atoms with Crippen LogP contribution >= 0.6 is 0 Å². The van der Waals surface area contributed by atoms with Gasteiger partial charge in [-0.3, -0.25) is 14.4 Å². The van der Waals surface area contributed by atoms with Gasteiger partial charge < -0.3 is 0 Å². The summed E-state index contributed by atoms with van der Waals surface area (Å²) in [4.78, 5) is 33.8. The van der Waals surface area contributed by atoms with Crippen molar-refractivity contribution in [3.8, 4) is 0 Å². The average Bonchev–Trinajstić information content (AvgIpc) is 2.61. The van der Waals surface area contributed by atoms with Crippen LogP contribution < -0.4 is 0 Å². The summed E-state index contributed by atoms with van der Waals surface area (Å²) in [5.41, 5.74) is -8.21. The molecule has 6 nitrogen and oxygen atoms in total. The maximum Gasteiger partial charge on any atom is 0.523 e. The number of halogens is 3. The molecule has 0 heterocycles. The Balaban J connectivity index is 2.38. The molecular formula is C8H5F3O6S. The van der Waals surface area contributed by atoms with E-state index in [-0.39, 0.29) is 0 Å². The number of carbonyl (C=O) groups is 3. The number of fused-ring (bicyclic) bond motifs is 2. The smallest absolute Gasteiger partial charge is 0.299 e. The Morgan fingerprint density at radius 2 is 1.78 bits per heavy atom. The highest BCUT2D eigenvalue weighted by atomic mass is 32.2. The molecule has 2 fully saturated rings. The Bertz CT molecular complexity index is 562. The van der Waals surface area contributed by atoms with Gasteiger partial charge in [-0.2, -0.15) is 21.6 Å². The second-order valence-electron chi connectivity index (χ2n) is 4.07. The largest absolute Gasteiger partial charge is 0.523 e. The molecule has 10 heteroatoms. The molecule has 0 saturated heterocycles. The van der Waals surface area contributed by atoms with E-state index in [2.05, 4.69) is 4.18 Å². The van der Waals surface area contributed by atoms with Gasteiger partial charge >= 0.3 is 15.6 Å². The normalized spacial score (nSPS) is 32.4. The maximum absolute atomic E-state index is 12.1. The molecule has 0 aliphatic heterocycles. The number of carbonyl (C=O) groups excluding carboxylic acids is 3. The van der Waals surface area contributed by atoms with Gasteiger partial charge in [0.25, 0.3) is 0 Å². The summed E-state index contributed by atoms with van der Waals surface area (Å²) in [7, 11) is -6.03. The first-order chi connectivity index (χ1) is 8.00. The fraction of sp³-hybridized carbons (Fsp3) is 0.625. The van der Waals surface area contributed by atoms with Crippen molar-refractivity contribution in [2.75, 3.05) is 0 Å². The fourth-order valence-electron chi connectivity index (χ4n) is 2.07. The lowest BCUT2D eigenvalue weighted by Crippen LogP contribution is -2.46. The zero-order chi connectivity index (χ0) is 13.9. The zero-order valence-corrected chi connectivity index (χ0v) is 9.30. The van der Waals surface area contributed by atoms with E-state index in [4.69, 9.17) is 0 Å². The molecule has 2 rings (SSSR count). The van der Waals surface area contributed by atoms with E-state index in [0.29, 0.717) is 0 Å². The van der Waals surface area contributed by atoms with Crippen molar-refractivity contribution in [3.63, 3.8) is 0 Å². The highest BCUT2D eigenvalue weighted by molar-refractivity contribution is 7.87. The topological polar surface area (TPSA) is 94.6 Å². The molecule has 2 bridgehead atoms. The van der Waals surface area contributed by atoms with Crippen LogP contribution in [0.3, 0.4) is 0 Å². The van der Waals surface area contributed by atoms with E-state index in [1.807, 2.05) is 0 Å². The Morgan fingerprint density at radius 3 is 2.22 bits per heavy atom. The first-order valence-electron chi connectivity index (χ1n) is 4.63. The van der Waals surface area contributed by atoms with Crippen molar-refractivity contribution >= 4 is 27.5 Å². The first-order valence-corrected chi connectivity index (χ1v) is 6.04. The minimum atomic E-state index is -6.03. The number of rotatable bonds is 2. The van der Waals surface area contributed by atoms with Crippen molar-refractivity contribution in [1.82, 2.24) is 0 Å². The molecular weight excluding hydrogens is 281 g/mol. The van der Waals surface area contributed by atoms with Gasteiger partial charge in [0.05, 0.1) is 5.92 Å². The molecule has 2 atom stereocenters. The van der Waals surface area contributed by atoms with Gasteiger partial charge in [0.15, 0.2) is 5.60 Å². The Labute approximate surface area is 98.2 Å². The molecule has 0 amide bonds. The average molecular weight is 286 g/mol. The van der Waals surface area contributed by atoms with Gasteiger partial charge in [0.1, 0.15) is 5.78 Å². The summed E-state index contributed by atoms with van der Waals surface area (Å²) >= 11 is 0. The second-order valence-corrected chi connectivity index (χ2v) is 5.61. The lowest BCUT2D eigenvalue weighted by Gasteiger charge is -2.23. The van der Waals surface area contributed by atoms with Crippen LogP contribution in [0.5, 0.6) is 0 Å². The highest BCUT2D eigenvalue weighted by Gasteiger charge is 2.67. The Hall–Kier alpha value is -1.29. The summed E-state index contributed by atoms with van der Waals surface area (Å²) in [5, 5.41) is 0. The standard InChI is InChI=1S/C8H5F3O6S/c9-8(10,11)18(15,16)17-7-1-3(4(12)2-7)5(13)6(7)14/h3H,1-2H2. The summed E-state index contributed by atoms with van der Waals surface area (Å²) < 4.78 is 61.9. The lowest BCUT2D eigenvalue weighted by molar-refractivity contribution is -0.148. The van der Waals surface area contributed by atoms with Gasteiger partial charge in [0.2, 0.25) is 11.6 Å². The third-order valence-corrected chi connectivity index (χ3v) is 3.99. The van der Waals surface area contributed by atoms with E-state index in [1.54, 1.807) is 0 Å². The fourth-order valence-corrected chi connectivity index (χ4v) is 2.79. The van der Waals surface area contributed by atoms with Gasteiger partial charge in [-0.15, -0.1) is 0 Å². The Morgan fingerprint density at radius 1 is 1.22 bits per heavy atom. The summed E-state index contributed by atoms with van der Waals surface area (Å²) in [6.45, 7) is 0. The molecule has 0 aromatic heterocycles. The molecule has 2 aliphatic carbocycles. The number of alkyl halides is 3. The zero-order valence-electron chi connectivity index (χ0n) is 8.48. The van der Waals surface area contributed by atoms with Crippen LogP contribution in [0.25, 0.3) is 0 Å². The molecule has 0 spiro atoms. The van der Waals surface area contributed by atoms with E-state index in [0.717, 1.165) is 0 Å². The number of hydrogen-bond acceptors (Lipinski definition) is 6. The predicted octanol–water partition coefficient (Wildman–Crippen LogP) is -0.278. The predicted molar refractivity (Wildman–Crippen MR) is 46.5 cm³/mol. The molecule has 0 N–H and O–H groups in total. The van der Waals surface area contributed by atoms with Crippen LogP contribution in [0, 0.1) is 5.92 Å². The minimum Gasteiger partial charge on any atom is -0.299 e. The SMILES string of the molecule is O=C1CC2(OS(=O)(=O)C(F)(F)F)CC1C(=O)C2=O. The van der Waals surface area contributed by atoms with Crippen molar-refractivity contribution in [3.05, 3.63) is 0 Å². The summed E-state index contributed by atoms with van der Waals surface area (Å²) in [5.74, 6) is -4.73. The maximum atomic E-state index is 12.1. The van der Waals surface area contributed by atoms with Crippen LogP contribution in [-0.2, 0) is 28.7 Å². The first kappa shape index (κ1) is 13.1. The van der Waals surface area contributed by atoms with E-state index in [9.17, 15) is 36.0 Å². The van der Waals surface area contributed by atoms with E-state index < -0.39 is 57.3 Å². The number of ketones is 3. The monoisotopic (exact) mass is 286 g/mol. The van der Waals surface area contributed by atoms with Crippen LogP contribution in [0.15, 0.2) is 0 Å². The van der Waals surface area contributed by atoms with Gasteiger partial charge in [0, 0.05) is 12.8 Å². The second kappa shape index (κ2) is 3.38. The molecule has 0 aromatic carbocycles. The lowest BCUT2D eigenvalue weighted by atomic mass is 9.94. The highest BCUT2D eigenvalue weighted by Crippen LogP contribution is 2.46. The summed E-state index contributed by atoms with van der Waals surface area (Å²) in [6, 6.07) is 0. The summed E-state index contributed by atoms with van der Waals surface area (Å²) in [6.07, 6.45) is -1.46. The van der Waals surface area contributed by atoms with Crippen LogP contribution in [0.1, 0.15) is 12.8 Å². The van der Waals surface area contributed by atoms with Gasteiger partial charge in [-0.05, 0) is 0 Å². The van der Waals surface area contributed by atoms with Crippen molar-refractivity contribution in [2.45, 2.75) is 24.0 Å². The van der Waals surface area contributed by atoms with Crippen molar-refractivity contribution in [2.24, 2.45) is 5.92 Å². The third kappa shape index (κ3) is 1.59. The van der Waals surface area contributed by atoms with Crippen molar-refractivity contribution in [1.29, 1.82) is 0 Å². The minimum absolute atomic E-state index is 0.640. The van der Waals surface area contributed by atoms with Crippen molar-refractivity contribution < 1.29 is 40.2 Å². The van der Waals surface area contributed by atoms with E-state index >= 15 is 0 Å². The van der Waals surface area contributed by atoms with E-state index in [1.165, 1.54) is 0 Å². The van der Waals surface area contributed by atoms with Crippen LogP contribution in [0.4, 0.5) is 13.2 Å². The number of hydrogen-bond donors (Lipinski definition) is 0. The van der Waals surface area contributed by atoms with Gasteiger partial charge in [-0.25, -0.2) is 4.18 Å². The Kier molecular flexibility index (Phi) is 2.47. The molecule has 2 unspecified atom stereocenters. The van der Waals surface area contributed by atoms with Gasteiger partial charge in [-0.1, -0.05) is 0 Å². The van der Waals surface area contributed by atoms with Crippen LogP contribution in [-0.4, -0.2) is 36.9 Å². The molecule has 2 saturated carbocycles. The quantitative estimate of drug-likeness (QED) is 0.300. The van der Waals surface area contributed by atoms with Crippen LogP contribution in [0.2, 0.25) is 0 Å². The number of Topliss-reactive ketones (excluding diaryl/α,β-unsaturated/α-hetero) is 3. The molecule has 18 heavy (non-hydrogen) atoms. The molecule has 2 aliphatic rings. The molecule has 0 aromatic rings. The third-order valence-electron chi connectivity index (χ3n) is 2.89. The molecule has 0 radical (unpaired) electrons.